The lowest BCUT2D eigenvalue weighted by Gasteiger charge is -2.31. The number of hydrogen-bond donors (Lipinski definition) is 2. The minimum atomic E-state index is -0.557. The third kappa shape index (κ3) is 4.28. The van der Waals surface area contributed by atoms with Gasteiger partial charge in [-0.3, -0.25) is 14.7 Å². The number of piperidine rings is 1. The van der Waals surface area contributed by atoms with Crippen LogP contribution < -0.4 is 10.5 Å². The minimum absolute atomic E-state index is 0.0814. The number of rotatable bonds is 5. The first-order valence-electron chi connectivity index (χ1n) is 8.15. The fraction of sp³-hybridized carbons (Fsp3) is 0.353. The number of carbonyl (C=O) groups is 2. The topological polar surface area (TPSA) is 101 Å². The second-order valence-corrected chi connectivity index (χ2v) is 6.93. The third-order valence-electron chi connectivity index (χ3n) is 4.38. The van der Waals surface area contributed by atoms with Crippen molar-refractivity contribution in [2.24, 2.45) is 5.73 Å². The average molecular weight is 397 g/mol. The molecule has 1 saturated heterocycles. The van der Waals surface area contributed by atoms with Crippen molar-refractivity contribution in [2.45, 2.75) is 18.8 Å². The molecule has 0 atom stereocenters. The van der Waals surface area contributed by atoms with Gasteiger partial charge in [0.25, 0.3) is 11.8 Å². The molecule has 3 rings (SSSR count). The van der Waals surface area contributed by atoms with Crippen LogP contribution in [0, 0.1) is 0 Å². The fourth-order valence-electron chi connectivity index (χ4n) is 2.93. The van der Waals surface area contributed by atoms with Crippen LogP contribution in [0.3, 0.4) is 0 Å². The number of H-pyrrole nitrogens is 1. The Bertz CT molecular complexity index is 816. The highest BCUT2D eigenvalue weighted by atomic mass is 35.5. The van der Waals surface area contributed by atoms with E-state index in [1.807, 2.05) is 0 Å². The minimum Gasteiger partial charge on any atom is -0.482 e. The van der Waals surface area contributed by atoms with Crippen molar-refractivity contribution in [3.05, 3.63) is 45.7 Å². The number of hydrogen-bond acceptors (Lipinski definition) is 4. The molecular weight excluding hydrogens is 379 g/mol. The number of halogens is 2. The van der Waals surface area contributed by atoms with E-state index in [1.165, 1.54) is 0 Å². The normalized spacial score (nSPS) is 15.1. The molecule has 0 aliphatic carbocycles. The molecule has 0 radical (unpaired) electrons. The molecule has 26 heavy (non-hydrogen) atoms. The van der Waals surface area contributed by atoms with Gasteiger partial charge in [0.1, 0.15) is 11.4 Å². The van der Waals surface area contributed by atoms with Gasteiger partial charge in [-0.1, -0.05) is 23.2 Å². The number of amides is 2. The number of benzene rings is 1. The van der Waals surface area contributed by atoms with E-state index in [4.69, 9.17) is 33.7 Å². The Morgan fingerprint density at radius 2 is 2.00 bits per heavy atom. The number of carbonyl (C=O) groups excluding carboxylic acids is 2. The van der Waals surface area contributed by atoms with Crippen molar-refractivity contribution in [3.63, 3.8) is 0 Å². The van der Waals surface area contributed by atoms with E-state index >= 15 is 0 Å². The number of nitrogens with zero attached hydrogens (tertiary/aromatic N) is 2. The molecule has 1 aliphatic heterocycles. The number of ether oxygens (including phenoxy) is 1. The van der Waals surface area contributed by atoms with Crippen LogP contribution in [-0.4, -0.2) is 46.6 Å². The Labute approximate surface area is 160 Å². The molecule has 138 valence electrons. The van der Waals surface area contributed by atoms with Crippen LogP contribution in [0.1, 0.15) is 34.9 Å². The lowest BCUT2D eigenvalue weighted by Crippen LogP contribution is -2.40. The lowest BCUT2D eigenvalue weighted by atomic mass is 9.93. The van der Waals surface area contributed by atoms with Gasteiger partial charge in [-0.05, 0) is 37.1 Å². The largest absolute Gasteiger partial charge is 0.482 e. The summed E-state index contributed by atoms with van der Waals surface area (Å²) >= 11 is 11.9. The highest BCUT2D eigenvalue weighted by Gasteiger charge is 2.25. The third-order valence-corrected chi connectivity index (χ3v) is 4.91. The Morgan fingerprint density at radius 1 is 1.27 bits per heavy atom. The van der Waals surface area contributed by atoms with Crippen LogP contribution in [0.2, 0.25) is 10.0 Å². The second-order valence-electron chi connectivity index (χ2n) is 6.09. The van der Waals surface area contributed by atoms with E-state index < -0.39 is 5.91 Å². The van der Waals surface area contributed by atoms with Crippen molar-refractivity contribution >= 4 is 35.0 Å². The Balaban J connectivity index is 1.50. The maximum absolute atomic E-state index is 12.3. The number of aromatic amines is 1. The van der Waals surface area contributed by atoms with Gasteiger partial charge in [0.15, 0.2) is 6.61 Å². The maximum atomic E-state index is 12.3. The van der Waals surface area contributed by atoms with E-state index in [2.05, 4.69) is 10.2 Å². The fourth-order valence-corrected chi connectivity index (χ4v) is 3.40. The summed E-state index contributed by atoms with van der Waals surface area (Å²) in [7, 11) is 0. The molecule has 2 amide bonds. The summed E-state index contributed by atoms with van der Waals surface area (Å²) in [4.78, 5) is 25.2. The molecular formula is C17H18Cl2N4O3. The van der Waals surface area contributed by atoms with E-state index in [0.717, 1.165) is 18.5 Å². The first kappa shape index (κ1) is 18.5. The van der Waals surface area contributed by atoms with Gasteiger partial charge in [-0.2, -0.15) is 5.10 Å². The molecule has 0 spiro atoms. The summed E-state index contributed by atoms with van der Waals surface area (Å²) < 4.78 is 5.50. The molecule has 9 heteroatoms. The highest BCUT2D eigenvalue weighted by molar-refractivity contribution is 6.35. The van der Waals surface area contributed by atoms with Crippen molar-refractivity contribution in [1.82, 2.24) is 15.1 Å². The zero-order valence-corrected chi connectivity index (χ0v) is 15.4. The standard InChI is InChI=1S/C17H18Cl2N4O3/c18-11-1-2-15(12(19)7-11)26-9-16(24)23-5-3-10(4-6-23)13-8-14(17(20)25)22-21-13/h1-2,7-8,10H,3-6,9H2,(H2,20,25)(H,21,22). The first-order valence-corrected chi connectivity index (χ1v) is 8.90. The molecule has 2 aromatic rings. The van der Waals surface area contributed by atoms with Crippen molar-refractivity contribution in [2.75, 3.05) is 19.7 Å². The summed E-state index contributed by atoms with van der Waals surface area (Å²) in [5, 5.41) is 7.63. The van der Waals surface area contributed by atoms with E-state index in [0.29, 0.717) is 28.9 Å². The first-order chi connectivity index (χ1) is 12.4. The smallest absolute Gasteiger partial charge is 0.269 e. The van der Waals surface area contributed by atoms with Crippen molar-refractivity contribution in [1.29, 1.82) is 0 Å². The predicted octanol–water partition coefficient (Wildman–Crippen LogP) is 2.60. The monoisotopic (exact) mass is 396 g/mol. The summed E-state index contributed by atoms with van der Waals surface area (Å²) in [6.07, 6.45) is 1.54. The summed E-state index contributed by atoms with van der Waals surface area (Å²) in [5.74, 6) is -0.0166. The SMILES string of the molecule is NC(=O)c1cc(C2CCN(C(=O)COc3ccc(Cl)cc3Cl)CC2)[nH]n1. The molecule has 3 N–H and O–H groups in total. The molecule has 1 aromatic carbocycles. The van der Waals surface area contributed by atoms with Crippen LogP contribution in [0.25, 0.3) is 0 Å². The predicted molar refractivity (Wildman–Crippen MR) is 97.6 cm³/mol. The lowest BCUT2D eigenvalue weighted by molar-refractivity contribution is -0.134. The molecule has 0 unspecified atom stereocenters. The van der Waals surface area contributed by atoms with E-state index in [1.54, 1.807) is 29.2 Å². The van der Waals surface area contributed by atoms with Crippen LogP contribution in [0.4, 0.5) is 0 Å². The molecule has 7 nitrogen and oxygen atoms in total. The van der Waals surface area contributed by atoms with Gasteiger partial charge in [-0.25, -0.2) is 0 Å². The number of aromatic nitrogens is 2. The van der Waals surface area contributed by atoms with Gasteiger partial charge >= 0.3 is 0 Å². The zero-order valence-electron chi connectivity index (χ0n) is 13.9. The van der Waals surface area contributed by atoms with Crippen LogP contribution >= 0.6 is 23.2 Å². The Kier molecular flexibility index (Phi) is 5.68. The van der Waals surface area contributed by atoms with Crippen LogP contribution in [0.5, 0.6) is 5.75 Å². The van der Waals surface area contributed by atoms with Gasteiger partial charge < -0.3 is 15.4 Å². The van der Waals surface area contributed by atoms with Crippen molar-refractivity contribution < 1.29 is 14.3 Å². The van der Waals surface area contributed by atoms with Gasteiger partial charge in [0, 0.05) is 29.7 Å². The molecule has 0 bridgehead atoms. The van der Waals surface area contributed by atoms with E-state index in [-0.39, 0.29) is 24.1 Å². The summed E-state index contributed by atoms with van der Waals surface area (Å²) in [5.41, 5.74) is 6.31. The molecule has 2 heterocycles. The number of nitrogens with two attached hydrogens (primary N) is 1. The zero-order chi connectivity index (χ0) is 18.7. The van der Waals surface area contributed by atoms with Crippen molar-refractivity contribution in [3.8, 4) is 5.75 Å². The molecule has 1 fully saturated rings. The second kappa shape index (κ2) is 7.97. The molecule has 0 saturated carbocycles. The quantitative estimate of drug-likeness (QED) is 0.810. The summed E-state index contributed by atoms with van der Waals surface area (Å²) in [6, 6.07) is 6.54. The average Bonchev–Trinajstić information content (AvgIpc) is 3.11. The molecule has 1 aliphatic rings. The number of primary amides is 1. The molecule has 1 aromatic heterocycles. The maximum Gasteiger partial charge on any atom is 0.269 e. The van der Waals surface area contributed by atoms with Gasteiger partial charge in [-0.15, -0.1) is 0 Å². The number of likely N-dealkylation sites (tertiary alicyclic amines) is 1. The Hall–Kier alpha value is -2.25. The van der Waals surface area contributed by atoms with E-state index in [9.17, 15) is 9.59 Å². The van der Waals surface area contributed by atoms with Gasteiger partial charge in [0.2, 0.25) is 0 Å². The highest BCUT2D eigenvalue weighted by Crippen LogP contribution is 2.29. The number of nitrogens with one attached hydrogen (secondary N) is 1. The van der Waals surface area contributed by atoms with Crippen LogP contribution in [0.15, 0.2) is 24.3 Å². The van der Waals surface area contributed by atoms with Gasteiger partial charge in [0.05, 0.1) is 5.02 Å². The summed E-state index contributed by atoms with van der Waals surface area (Å²) in [6.45, 7) is 1.13. The van der Waals surface area contributed by atoms with Crippen LogP contribution in [-0.2, 0) is 4.79 Å². The Morgan fingerprint density at radius 3 is 2.62 bits per heavy atom.